The molecule has 0 amide bonds. The number of hydrogen-bond donors (Lipinski definition) is 0. The lowest BCUT2D eigenvalue weighted by Gasteiger charge is -2.51. The second kappa shape index (κ2) is 4.55. The van der Waals surface area contributed by atoms with E-state index in [1.807, 2.05) is 0 Å². The monoisotopic (exact) mass is 364 g/mol. The Hall–Kier alpha value is -0.300. The van der Waals surface area contributed by atoms with Crippen molar-refractivity contribution in [1.29, 1.82) is 0 Å². The van der Waals surface area contributed by atoms with Crippen molar-refractivity contribution in [3.8, 4) is 0 Å². The van der Waals surface area contributed by atoms with Gasteiger partial charge in [0.25, 0.3) is 0 Å². The summed E-state index contributed by atoms with van der Waals surface area (Å²) >= 11 is 0. The maximum absolute atomic E-state index is 6.62. The Labute approximate surface area is 164 Å². The number of hydrogen-bond acceptors (Lipinski definition) is 1. The van der Waals surface area contributed by atoms with Gasteiger partial charge in [-0.15, -0.1) is 0 Å². The average molecular weight is 365 g/mol. The van der Waals surface area contributed by atoms with Gasteiger partial charge in [0.05, 0.1) is 11.7 Å². The largest absolute Gasteiger partial charge is 0.372 e. The van der Waals surface area contributed by atoms with Gasteiger partial charge in [0, 0.05) is 0 Å². The molecule has 8 aliphatic carbocycles. The molecule has 0 aliphatic heterocycles. The Morgan fingerprint density at radius 2 is 1.15 bits per heavy atom. The predicted octanol–water partition coefficient (Wildman–Crippen LogP) is 5.41. The van der Waals surface area contributed by atoms with E-state index in [0.717, 1.165) is 82.9 Å². The fourth-order valence-corrected chi connectivity index (χ4v) is 12.0. The predicted molar refractivity (Wildman–Crippen MR) is 106 cm³/mol. The van der Waals surface area contributed by atoms with Crippen LogP contribution in [0.3, 0.4) is 0 Å². The van der Waals surface area contributed by atoms with E-state index in [4.69, 9.17) is 4.74 Å². The number of ether oxygens (including phenoxy) is 1. The number of rotatable bonds is 1. The van der Waals surface area contributed by atoms with E-state index >= 15 is 0 Å². The molecule has 0 heterocycles. The van der Waals surface area contributed by atoms with Gasteiger partial charge in [0.2, 0.25) is 0 Å². The van der Waals surface area contributed by atoms with E-state index in [0.29, 0.717) is 6.10 Å². The van der Waals surface area contributed by atoms with Crippen molar-refractivity contribution in [2.24, 2.45) is 82.9 Å². The summed E-state index contributed by atoms with van der Waals surface area (Å²) in [5.74, 6) is 15.2. The lowest BCUT2D eigenvalue weighted by atomic mass is 9.55. The highest BCUT2D eigenvalue weighted by Crippen LogP contribution is 2.80. The van der Waals surface area contributed by atoms with Crippen molar-refractivity contribution in [1.82, 2.24) is 0 Å². The third kappa shape index (κ3) is 1.64. The minimum atomic E-state index is 0.0415. The molecule has 0 saturated heterocycles. The molecule has 0 spiro atoms. The normalized spacial score (nSPS) is 68.2. The number of fused-ring (bicyclic) bond motifs is 23. The molecule has 0 aromatic rings. The van der Waals surface area contributed by atoms with Crippen LogP contribution in [-0.2, 0) is 4.74 Å². The van der Waals surface area contributed by atoms with Crippen LogP contribution < -0.4 is 0 Å². The van der Waals surface area contributed by atoms with Gasteiger partial charge < -0.3 is 4.74 Å². The molecule has 146 valence electrons. The Balaban J connectivity index is 1.14. The van der Waals surface area contributed by atoms with Gasteiger partial charge >= 0.3 is 0 Å². The molecular weight excluding hydrogens is 328 g/mol. The summed E-state index contributed by atoms with van der Waals surface area (Å²) in [5.41, 5.74) is 0.0415. The van der Waals surface area contributed by atoms with Crippen molar-refractivity contribution in [3.63, 3.8) is 0 Å². The highest BCUT2D eigenvalue weighted by atomic mass is 16.5. The van der Waals surface area contributed by atoms with E-state index in [9.17, 15) is 0 Å². The summed E-state index contributed by atoms with van der Waals surface area (Å²) in [6.07, 6.45) is 13.6. The summed E-state index contributed by atoms with van der Waals surface area (Å²) in [6, 6.07) is 0. The fraction of sp³-hybridized carbons (Fsp3) is 0.923. The molecule has 1 heteroatoms. The third-order valence-electron chi connectivity index (χ3n) is 11.6. The first kappa shape index (κ1) is 15.5. The van der Waals surface area contributed by atoms with Crippen LogP contribution in [0.25, 0.3) is 0 Å². The second-order valence-electron chi connectivity index (χ2n) is 13.2. The van der Waals surface area contributed by atoms with E-state index in [2.05, 4.69) is 32.9 Å². The maximum Gasteiger partial charge on any atom is 0.0616 e. The molecule has 7 saturated carbocycles. The van der Waals surface area contributed by atoms with Crippen molar-refractivity contribution < 1.29 is 4.74 Å². The zero-order valence-electron chi connectivity index (χ0n) is 17.3. The van der Waals surface area contributed by atoms with E-state index in [1.54, 1.807) is 12.8 Å². The molecule has 8 bridgehead atoms. The summed E-state index contributed by atoms with van der Waals surface area (Å²) in [6.45, 7) is 6.81. The molecule has 0 N–H and O–H groups in total. The average Bonchev–Trinajstić information content (AvgIpc) is 3.43. The molecular formula is C26H36O. The van der Waals surface area contributed by atoms with Gasteiger partial charge in [0.15, 0.2) is 0 Å². The lowest BCUT2D eigenvalue weighted by Crippen LogP contribution is -2.48. The van der Waals surface area contributed by atoms with Crippen molar-refractivity contribution in [2.45, 2.75) is 64.6 Å². The van der Waals surface area contributed by atoms with Crippen LogP contribution >= 0.6 is 0 Å². The van der Waals surface area contributed by atoms with Crippen LogP contribution in [0.15, 0.2) is 12.2 Å². The molecule has 7 fully saturated rings. The van der Waals surface area contributed by atoms with Crippen LogP contribution in [0.5, 0.6) is 0 Å². The molecule has 27 heavy (non-hydrogen) atoms. The van der Waals surface area contributed by atoms with Crippen LogP contribution in [0.1, 0.15) is 52.9 Å². The van der Waals surface area contributed by atoms with Crippen molar-refractivity contribution >= 4 is 0 Å². The number of allylic oxidation sites excluding steroid dienone is 2. The minimum absolute atomic E-state index is 0.0415. The maximum atomic E-state index is 6.62. The first-order valence-electron chi connectivity index (χ1n) is 12.4. The smallest absolute Gasteiger partial charge is 0.0616 e. The van der Waals surface area contributed by atoms with E-state index < -0.39 is 0 Å². The Kier molecular flexibility index (Phi) is 2.62. The van der Waals surface area contributed by atoms with Crippen molar-refractivity contribution in [3.05, 3.63) is 12.2 Å². The SMILES string of the molecule is CC(C)(C)OC1CC2CC1C1C3CC(C21)C1C2CC(C4C5C=CC(C5)C24)C31. The summed E-state index contributed by atoms with van der Waals surface area (Å²) in [5, 5.41) is 0. The molecule has 15 atom stereocenters. The van der Waals surface area contributed by atoms with Gasteiger partial charge in [-0.2, -0.15) is 0 Å². The molecule has 8 aliphatic rings. The molecule has 15 unspecified atom stereocenters. The Morgan fingerprint density at radius 1 is 0.593 bits per heavy atom. The topological polar surface area (TPSA) is 9.23 Å². The van der Waals surface area contributed by atoms with Crippen LogP contribution in [0, 0.1) is 82.9 Å². The van der Waals surface area contributed by atoms with E-state index in [1.165, 1.54) is 19.3 Å². The van der Waals surface area contributed by atoms with E-state index in [-0.39, 0.29) is 5.60 Å². The molecule has 0 aromatic carbocycles. The van der Waals surface area contributed by atoms with Gasteiger partial charge in [-0.05, 0) is 136 Å². The first-order chi connectivity index (χ1) is 13.0. The van der Waals surface area contributed by atoms with Gasteiger partial charge in [0.1, 0.15) is 0 Å². The zero-order chi connectivity index (χ0) is 17.8. The van der Waals surface area contributed by atoms with Gasteiger partial charge in [-0.25, -0.2) is 0 Å². The quantitative estimate of drug-likeness (QED) is 0.446. The zero-order valence-corrected chi connectivity index (χ0v) is 17.3. The highest BCUT2D eigenvalue weighted by Gasteiger charge is 2.76. The van der Waals surface area contributed by atoms with Crippen molar-refractivity contribution in [2.75, 3.05) is 0 Å². The first-order valence-corrected chi connectivity index (χ1v) is 12.4. The van der Waals surface area contributed by atoms with Gasteiger partial charge in [-0.1, -0.05) is 12.2 Å². The summed E-state index contributed by atoms with van der Waals surface area (Å²) in [7, 11) is 0. The standard InChI is InChI=1S/C26H36O/c1-26(2,3)27-19-8-13-7-14(19)23-18-10-17(22(13)23)24-15-9-16(25(18)24)21-12-5-4-11(6-12)20(15)21/h4-5,11-25H,6-10H2,1-3H3. The summed E-state index contributed by atoms with van der Waals surface area (Å²) < 4.78 is 6.62. The lowest BCUT2D eigenvalue weighted by molar-refractivity contribution is -0.117. The van der Waals surface area contributed by atoms with Crippen LogP contribution in [-0.4, -0.2) is 11.7 Å². The summed E-state index contributed by atoms with van der Waals surface area (Å²) in [4.78, 5) is 0. The Morgan fingerprint density at radius 3 is 1.78 bits per heavy atom. The molecule has 8 rings (SSSR count). The van der Waals surface area contributed by atoms with Gasteiger partial charge in [-0.3, -0.25) is 0 Å². The molecule has 1 nitrogen and oxygen atoms in total. The fourth-order valence-electron chi connectivity index (χ4n) is 12.0. The second-order valence-corrected chi connectivity index (χ2v) is 13.2. The molecule has 0 aromatic heterocycles. The third-order valence-corrected chi connectivity index (χ3v) is 11.6. The highest BCUT2D eigenvalue weighted by molar-refractivity contribution is 5.27. The minimum Gasteiger partial charge on any atom is -0.372 e. The van der Waals surface area contributed by atoms with Crippen LogP contribution in [0.2, 0.25) is 0 Å². The Bertz CT molecular complexity index is 731. The molecule has 0 radical (unpaired) electrons. The van der Waals surface area contributed by atoms with Crippen LogP contribution in [0.4, 0.5) is 0 Å².